The Morgan fingerprint density at radius 2 is 2.19 bits per heavy atom. The Labute approximate surface area is 175 Å². The average Bonchev–Trinajstić information content (AvgIpc) is 3.45. The van der Waals surface area contributed by atoms with Gasteiger partial charge in [0.15, 0.2) is 17.4 Å². The Morgan fingerprint density at radius 3 is 2.90 bits per heavy atom. The number of aliphatic hydroxyl groups is 1. The van der Waals surface area contributed by atoms with E-state index in [9.17, 15) is 19.4 Å². The van der Waals surface area contributed by atoms with E-state index < -0.39 is 37.7 Å². The number of nitrogen functional groups attached to an aromatic ring is 1. The van der Waals surface area contributed by atoms with Crippen LogP contribution < -0.4 is 11.3 Å². The zero-order chi connectivity index (χ0) is 22.2. The smallest absolute Gasteiger partial charge is 0.388 e. The van der Waals surface area contributed by atoms with Crippen molar-refractivity contribution < 1.29 is 28.6 Å². The van der Waals surface area contributed by atoms with E-state index in [-0.39, 0.29) is 30.3 Å². The minimum Gasteiger partial charge on any atom is -0.388 e. The Hall–Kier alpha value is -2.61. The molecule has 1 saturated heterocycles. The predicted molar refractivity (Wildman–Crippen MR) is 106 cm³/mol. The van der Waals surface area contributed by atoms with Crippen molar-refractivity contribution in [1.82, 2.24) is 28.8 Å². The van der Waals surface area contributed by atoms with Crippen LogP contribution in [0.3, 0.4) is 0 Å². The SMILES string of the molecule is CCOC[C@H]1[C@@H](O)[C@H](n2cnc3c(=O)[nH]c(N)nc32)O[C@@H]1COP(=O)(O)n1ccnc1. The highest BCUT2D eigenvalue weighted by Gasteiger charge is 2.46. The van der Waals surface area contributed by atoms with Gasteiger partial charge in [-0.25, -0.2) is 18.9 Å². The van der Waals surface area contributed by atoms with Crippen molar-refractivity contribution in [1.29, 1.82) is 0 Å². The summed E-state index contributed by atoms with van der Waals surface area (Å²) in [5.41, 5.74) is 5.27. The molecule has 4 rings (SSSR count). The summed E-state index contributed by atoms with van der Waals surface area (Å²) in [4.78, 5) is 36.4. The van der Waals surface area contributed by atoms with Gasteiger partial charge in [-0.2, -0.15) is 4.98 Å². The molecule has 168 valence electrons. The van der Waals surface area contributed by atoms with Crippen LogP contribution in [0.2, 0.25) is 0 Å². The zero-order valence-corrected chi connectivity index (χ0v) is 17.3. The minimum absolute atomic E-state index is 0.0334. The van der Waals surface area contributed by atoms with Gasteiger partial charge in [0.1, 0.15) is 12.4 Å². The molecule has 5 N–H and O–H groups in total. The third-order valence-electron chi connectivity index (χ3n) is 4.95. The molecule has 0 bridgehead atoms. The van der Waals surface area contributed by atoms with Crippen molar-refractivity contribution in [2.24, 2.45) is 5.92 Å². The number of hydrogen-bond donors (Lipinski definition) is 4. The summed E-state index contributed by atoms with van der Waals surface area (Å²) in [5.74, 6) is -0.705. The van der Waals surface area contributed by atoms with Crippen LogP contribution in [0.4, 0.5) is 5.95 Å². The summed E-state index contributed by atoms with van der Waals surface area (Å²) in [6.45, 7) is 2.01. The predicted octanol–water partition coefficient (Wildman–Crippen LogP) is -0.525. The second-order valence-corrected chi connectivity index (χ2v) is 8.58. The fourth-order valence-corrected chi connectivity index (χ4v) is 4.31. The molecule has 14 nitrogen and oxygen atoms in total. The summed E-state index contributed by atoms with van der Waals surface area (Å²) < 4.78 is 31.4. The summed E-state index contributed by atoms with van der Waals surface area (Å²) in [5, 5.41) is 10.9. The van der Waals surface area contributed by atoms with Gasteiger partial charge in [0.2, 0.25) is 5.95 Å². The molecule has 1 aliphatic heterocycles. The Balaban J connectivity index is 1.60. The number of nitrogens with two attached hydrogens (primary N) is 1. The van der Waals surface area contributed by atoms with E-state index in [1.807, 2.05) is 0 Å². The number of anilines is 1. The van der Waals surface area contributed by atoms with E-state index in [4.69, 9.17) is 19.7 Å². The van der Waals surface area contributed by atoms with E-state index in [2.05, 4.69) is 19.9 Å². The van der Waals surface area contributed by atoms with Crippen LogP contribution in [0.5, 0.6) is 0 Å². The number of fused-ring (bicyclic) bond motifs is 1. The van der Waals surface area contributed by atoms with E-state index in [0.29, 0.717) is 6.61 Å². The van der Waals surface area contributed by atoms with Gasteiger partial charge in [-0.3, -0.25) is 18.9 Å². The van der Waals surface area contributed by atoms with Gasteiger partial charge < -0.3 is 25.2 Å². The maximum Gasteiger partial charge on any atom is 0.437 e. The molecule has 3 aromatic rings. The fourth-order valence-electron chi connectivity index (χ4n) is 3.41. The van der Waals surface area contributed by atoms with Crippen LogP contribution in [0, 0.1) is 5.92 Å². The summed E-state index contributed by atoms with van der Waals surface area (Å²) in [7, 11) is -4.20. The highest BCUT2D eigenvalue weighted by atomic mass is 31.2. The molecule has 4 heterocycles. The van der Waals surface area contributed by atoms with Gasteiger partial charge in [0.25, 0.3) is 5.56 Å². The van der Waals surface area contributed by atoms with Crippen LogP contribution in [-0.4, -0.2) is 70.9 Å². The first-order valence-corrected chi connectivity index (χ1v) is 10.9. The number of hydrogen-bond acceptors (Lipinski definition) is 10. The average molecular weight is 455 g/mol. The number of ether oxygens (including phenoxy) is 2. The monoisotopic (exact) mass is 455 g/mol. The van der Waals surface area contributed by atoms with Crippen LogP contribution >= 0.6 is 7.75 Å². The van der Waals surface area contributed by atoms with E-state index in [0.717, 1.165) is 10.7 Å². The van der Waals surface area contributed by atoms with Gasteiger partial charge in [0.05, 0.1) is 25.6 Å². The standard InChI is InChI=1S/C16H22N7O7P/c1-2-28-5-9-10(6-29-31(26,27)22-4-3-18-7-22)30-15(12(9)24)23-8-19-11-13(23)20-16(17)21-14(11)25/h3-4,7-10,12,15,24H,2,5-6H2,1H3,(H,26,27)(H3,17,20,21,25)/t9-,10-,12-,15-/m1/s1. The molecule has 0 aliphatic carbocycles. The van der Waals surface area contributed by atoms with Gasteiger partial charge in [-0.05, 0) is 6.92 Å². The molecule has 15 heteroatoms. The first-order chi connectivity index (χ1) is 14.8. The van der Waals surface area contributed by atoms with E-state index in [1.54, 1.807) is 6.92 Å². The summed E-state index contributed by atoms with van der Waals surface area (Å²) >= 11 is 0. The summed E-state index contributed by atoms with van der Waals surface area (Å²) in [6.07, 6.45) is 2.22. The van der Waals surface area contributed by atoms with Crippen LogP contribution in [0.25, 0.3) is 11.2 Å². The maximum atomic E-state index is 12.4. The molecule has 1 unspecified atom stereocenters. The molecule has 0 saturated carbocycles. The van der Waals surface area contributed by atoms with Crippen molar-refractivity contribution in [2.75, 3.05) is 25.6 Å². The molecular weight excluding hydrogens is 433 g/mol. The normalized spacial score (nSPS) is 25.8. The molecule has 0 aromatic carbocycles. The van der Waals surface area contributed by atoms with Crippen LogP contribution in [0.1, 0.15) is 13.2 Å². The first-order valence-electron chi connectivity index (χ1n) is 9.41. The van der Waals surface area contributed by atoms with Gasteiger partial charge in [-0.15, -0.1) is 0 Å². The number of aromatic nitrogens is 6. The van der Waals surface area contributed by atoms with E-state index >= 15 is 0 Å². The lowest BCUT2D eigenvalue weighted by Crippen LogP contribution is -2.32. The Morgan fingerprint density at radius 1 is 1.39 bits per heavy atom. The molecule has 3 aromatic heterocycles. The number of aromatic amines is 1. The van der Waals surface area contributed by atoms with Crippen molar-refractivity contribution in [3.05, 3.63) is 35.4 Å². The van der Waals surface area contributed by atoms with Crippen LogP contribution in [0.15, 0.2) is 29.8 Å². The molecule has 1 fully saturated rings. The van der Waals surface area contributed by atoms with E-state index in [1.165, 1.54) is 23.3 Å². The maximum absolute atomic E-state index is 12.4. The second kappa shape index (κ2) is 8.49. The number of nitrogens with one attached hydrogen (secondary N) is 1. The van der Waals surface area contributed by atoms with Crippen LogP contribution in [-0.2, 0) is 18.6 Å². The topological polar surface area (TPSA) is 193 Å². The highest BCUT2D eigenvalue weighted by Crippen LogP contribution is 2.45. The molecular formula is C16H22N7O7P. The number of rotatable bonds is 8. The zero-order valence-electron chi connectivity index (χ0n) is 16.4. The molecule has 0 amide bonds. The third-order valence-corrected chi connectivity index (χ3v) is 6.26. The molecule has 1 aliphatic rings. The third kappa shape index (κ3) is 4.13. The molecule has 31 heavy (non-hydrogen) atoms. The minimum atomic E-state index is -4.20. The number of aliphatic hydroxyl groups excluding tert-OH is 1. The lowest BCUT2D eigenvalue weighted by Gasteiger charge is -2.21. The van der Waals surface area contributed by atoms with Gasteiger partial charge >= 0.3 is 7.75 Å². The molecule has 5 atom stereocenters. The fraction of sp³-hybridized carbons (Fsp3) is 0.500. The van der Waals surface area contributed by atoms with Gasteiger partial charge in [-0.1, -0.05) is 0 Å². The second-order valence-electron chi connectivity index (χ2n) is 6.88. The quantitative estimate of drug-likeness (QED) is 0.319. The largest absolute Gasteiger partial charge is 0.437 e. The van der Waals surface area contributed by atoms with Crippen molar-refractivity contribution >= 4 is 24.9 Å². The number of H-pyrrole nitrogens is 1. The Bertz CT molecular complexity index is 1150. The van der Waals surface area contributed by atoms with Crippen molar-refractivity contribution in [3.8, 4) is 0 Å². The Kier molecular flexibility index (Phi) is 5.92. The lowest BCUT2D eigenvalue weighted by molar-refractivity contribution is -0.0479. The summed E-state index contributed by atoms with van der Waals surface area (Å²) in [6, 6.07) is 0. The lowest BCUT2D eigenvalue weighted by atomic mass is 9.99. The molecule has 0 radical (unpaired) electrons. The first kappa shape index (κ1) is 21.6. The number of nitrogens with zero attached hydrogens (tertiary/aromatic N) is 5. The van der Waals surface area contributed by atoms with Crippen molar-refractivity contribution in [2.45, 2.75) is 25.4 Å². The molecule has 0 spiro atoms. The highest BCUT2D eigenvalue weighted by molar-refractivity contribution is 7.51. The van der Waals surface area contributed by atoms with Gasteiger partial charge in [0, 0.05) is 24.9 Å². The van der Waals surface area contributed by atoms with Crippen molar-refractivity contribution in [3.63, 3.8) is 0 Å². The number of imidazole rings is 2.